The molecule has 2 heterocycles. The van der Waals surface area contributed by atoms with Crippen molar-refractivity contribution in [3.05, 3.63) is 70.5 Å². The number of aromatic amines is 1. The lowest BCUT2D eigenvalue weighted by atomic mass is 9.72. The summed E-state index contributed by atoms with van der Waals surface area (Å²) < 4.78 is 0. The maximum atomic E-state index is 13.4. The number of rotatable bonds is 4. The van der Waals surface area contributed by atoms with Gasteiger partial charge < -0.3 is 15.7 Å². The van der Waals surface area contributed by atoms with Crippen LogP contribution in [0.4, 0.5) is 5.69 Å². The molecule has 1 aliphatic heterocycles. The van der Waals surface area contributed by atoms with Gasteiger partial charge in [0.1, 0.15) is 0 Å². The first kappa shape index (κ1) is 22.8. The number of carbonyl (C=O) groups excluding carboxylic acids is 1. The molecule has 162 valence electrons. The number of hydrogen-bond donors (Lipinski definition) is 4. The Labute approximate surface area is 189 Å². The van der Waals surface area contributed by atoms with Crippen LogP contribution in [0.3, 0.4) is 0 Å². The molecule has 1 fully saturated rings. The lowest BCUT2D eigenvalue weighted by molar-refractivity contribution is -0.123. The molecule has 1 amide bonds. The van der Waals surface area contributed by atoms with Crippen LogP contribution >= 0.6 is 23.2 Å². The van der Waals surface area contributed by atoms with Crippen LogP contribution in [0.15, 0.2) is 54.9 Å². The highest BCUT2D eigenvalue weighted by atomic mass is 35.5. The molecule has 9 heteroatoms. The van der Waals surface area contributed by atoms with Crippen molar-refractivity contribution < 1.29 is 14.7 Å². The van der Waals surface area contributed by atoms with E-state index < -0.39 is 5.41 Å². The number of nitrogens with one attached hydrogen (secondary N) is 3. The van der Waals surface area contributed by atoms with Gasteiger partial charge in [0, 0.05) is 17.4 Å². The van der Waals surface area contributed by atoms with Gasteiger partial charge >= 0.3 is 0 Å². The molecule has 4 rings (SSSR count). The van der Waals surface area contributed by atoms with E-state index in [-0.39, 0.29) is 12.4 Å². The van der Waals surface area contributed by atoms with Gasteiger partial charge in [0.05, 0.1) is 21.7 Å². The first-order chi connectivity index (χ1) is 15.0. The number of aromatic nitrogens is 2. The maximum absolute atomic E-state index is 13.4. The summed E-state index contributed by atoms with van der Waals surface area (Å²) in [6.45, 7) is 1.33. The van der Waals surface area contributed by atoms with Gasteiger partial charge in [-0.3, -0.25) is 14.7 Å². The number of carbonyl (C=O) groups is 2. The van der Waals surface area contributed by atoms with E-state index in [1.807, 2.05) is 30.5 Å². The second kappa shape index (κ2) is 10.4. The van der Waals surface area contributed by atoms with Crippen LogP contribution in [-0.4, -0.2) is 40.8 Å². The van der Waals surface area contributed by atoms with Crippen LogP contribution in [0.2, 0.25) is 10.0 Å². The molecule has 0 radical (unpaired) electrons. The number of H-pyrrole nitrogens is 1. The Balaban J connectivity index is 0.000000858. The number of nitrogens with zero attached hydrogens (tertiary/aromatic N) is 1. The van der Waals surface area contributed by atoms with Crippen molar-refractivity contribution in [3.63, 3.8) is 0 Å². The summed E-state index contributed by atoms with van der Waals surface area (Å²) in [5.74, 6) is -0.0246. The van der Waals surface area contributed by atoms with E-state index in [9.17, 15) is 4.79 Å². The Bertz CT molecular complexity index is 1020. The van der Waals surface area contributed by atoms with Gasteiger partial charge in [-0.15, -0.1) is 0 Å². The van der Waals surface area contributed by atoms with Crippen molar-refractivity contribution in [2.45, 2.75) is 18.3 Å². The van der Waals surface area contributed by atoms with Gasteiger partial charge in [-0.1, -0.05) is 47.5 Å². The number of anilines is 1. The summed E-state index contributed by atoms with van der Waals surface area (Å²) in [5, 5.41) is 21.0. The van der Waals surface area contributed by atoms with Gasteiger partial charge in [0.25, 0.3) is 6.47 Å². The van der Waals surface area contributed by atoms with E-state index >= 15 is 0 Å². The molecule has 7 nitrogen and oxygen atoms in total. The third-order valence-corrected chi connectivity index (χ3v) is 6.08. The predicted molar refractivity (Wildman–Crippen MR) is 122 cm³/mol. The van der Waals surface area contributed by atoms with Crippen LogP contribution in [0.1, 0.15) is 18.4 Å². The fourth-order valence-corrected chi connectivity index (χ4v) is 4.01. The minimum absolute atomic E-state index is 0.0246. The van der Waals surface area contributed by atoms with Crippen molar-refractivity contribution >= 4 is 41.3 Å². The molecule has 0 saturated carbocycles. The van der Waals surface area contributed by atoms with Crippen LogP contribution in [-0.2, 0) is 15.0 Å². The summed E-state index contributed by atoms with van der Waals surface area (Å²) in [4.78, 5) is 21.7. The lowest BCUT2D eigenvalue weighted by Crippen LogP contribution is -2.48. The second-order valence-corrected chi connectivity index (χ2v) is 7.90. The van der Waals surface area contributed by atoms with Gasteiger partial charge in [0.2, 0.25) is 5.91 Å². The van der Waals surface area contributed by atoms with Gasteiger partial charge in [0.15, 0.2) is 0 Å². The normalized spacial score (nSPS) is 14.8. The van der Waals surface area contributed by atoms with E-state index in [1.54, 1.807) is 24.4 Å². The zero-order chi connectivity index (χ0) is 22.3. The second-order valence-electron chi connectivity index (χ2n) is 7.08. The minimum atomic E-state index is -0.591. The molecular weight excluding hydrogens is 439 g/mol. The van der Waals surface area contributed by atoms with E-state index in [4.69, 9.17) is 33.1 Å². The molecular formula is C22H22Cl2N4O3. The molecule has 2 aromatic carbocycles. The van der Waals surface area contributed by atoms with Gasteiger partial charge in [-0.25, -0.2) is 0 Å². The van der Waals surface area contributed by atoms with Crippen molar-refractivity contribution in [1.29, 1.82) is 0 Å². The zero-order valence-electron chi connectivity index (χ0n) is 16.6. The Morgan fingerprint density at radius 1 is 1.06 bits per heavy atom. The maximum Gasteiger partial charge on any atom is 0.290 e. The first-order valence-electron chi connectivity index (χ1n) is 9.65. The molecule has 0 unspecified atom stereocenters. The van der Waals surface area contributed by atoms with E-state index in [0.717, 1.165) is 42.6 Å². The Kier molecular flexibility index (Phi) is 7.68. The van der Waals surface area contributed by atoms with Crippen molar-refractivity contribution in [2.75, 3.05) is 18.4 Å². The van der Waals surface area contributed by atoms with E-state index in [0.29, 0.717) is 15.7 Å². The molecule has 0 spiro atoms. The van der Waals surface area contributed by atoms with Crippen LogP contribution in [0, 0.1) is 0 Å². The SMILES string of the molecule is O=C(Nc1ccc(Cl)c(Cl)c1)C1(c2ccc(-c3cn[nH]c3)cc2)CCNCC1.O=CO. The zero-order valence-corrected chi connectivity index (χ0v) is 18.1. The average Bonchev–Trinajstić information content (AvgIpc) is 3.32. The molecule has 0 aliphatic carbocycles. The monoisotopic (exact) mass is 460 g/mol. The molecule has 0 bridgehead atoms. The highest BCUT2D eigenvalue weighted by Crippen LogP contribution is 2.36. The quantitative estimate of drug-likeness (QED) is 0.433. The summed E-state index contributed by atoms with van der Waals surface area (Å²) in [5.41, 5.74) is 3.15. The number of piperidine rings is 1. The summed E-state index contributed by atoms with van der Waals surface area (Å²) in [6.07, 6.45) is 5.09. The number of hydrogen-bond acceptors (Lipinski definition) is 4. The third kappa shape index (κ3) is 5.25. The molecule has 3 aromatic rings. The average molecular weight is 461 g/mol. The molecule has 1 saturated heterocycles. The number of carboxylic acid groups (broad SMARTS) is 1. The highest BCUT2D eigenvalue weighted by Gasteiger charge is 2.41. The molecule has 1 aromatic heterocycles. The Hall–Kier alpha value is -2.87. The van der Waals surface area contributed by atoms with Gasteiger partial charge in [-0.2, -0.15) is 5.10 Å². The lowest BCUT2D eigenvalue weighted by Gasteiger charge is -2.37. The number of benzene rings is 2. The Morgan fingerprint density at radius 3 is 2.32 bits per heavy atom. The summed E-state index contributed by atoms with van der Waals surface area (Å²) in [6, 6.07) is 13.3. The summed E-state index contributed by atoms with van der Waals surface area (Å²) >= 11 is 12.1. The van der Waals surface area contributed by atoms with Crippen LogP contribution < -0.4 is 10.6 Å². The largest absolute Gasteiger partial charge is 0.483 e. The van der Waals surface area contributed by atoms with Crippen LogP contribution in [0.25, 0.3) is 11.1 Å². The first-order valence-corrected chi connectivity index (χ1v) is 10.4. The minimum Gasteiger partial charge on any atom is -0.483 e. The third-order valence-electron chi connectivity index (χ3n) is 5.34. The standard InChI is InChI=1S/C21H20Cl2N4O.CH2O2/c22-18-6-5-17(11-19(18)23)27-20(28)21(7-9-24-10-8-21)16-3-1-14(2-4-16)15-12-25-26-13-15;2-1-3/h1-6,11-13,24H,7-10H2,(H,25,26)(H,27,28);1H,(H,2,3). The van der Waals surface area contributed by atoms with Crippen molar-refractivity contribution in [2.24, 2.45) is 0 Å². The van der Waals surface area contributed by atoms with E-state index in [1.165, 1.54) is 0 Å². The molecule has 1 aliphatic rings. The van der Waals surface area contributed by atoms with Gasteiger partial charge in [-0.05, 0) is 55.3 Å². The Morgan fingerprint density at radius 2 is 1.74 bits per heavy atom. The molecule has 0 atom stereocenters. The number of halogens is 2. The highest BCUT2D eigenvalue weighted by molar-refractivity contribution is 6.42. The van der Waals surface area contributed by atoms with Crippen LogP contribution in [0.5, 0.6) is 0 Å². The fraction of sp³-hybridized carbons (Fsp3) is 0.227. The fourth-order valence-electron chi connectivity index (χ4n) is 3.72. The van der Waals surface area contributed by atoms with E-state index in [2.05, 4.69) is 20.8 Å². The van der Waals surface area contributed by atoms with Crippen molar-refractivity contribution in [3.8, 4) is 11.1 Å². The molecule has 4 N–H and O–H groups in total. The topological polar surface area (TPSA) is 107 Å². The molecule has 31 heavy (non-hydrogen) atoms. The summed E-state index contributed by atoms with van der Waals surface area (Å²) in [7, 11) is 0. The van der Waals surface area contributed by atoms with Crippen molar-refractivity contribution in [1.82, 2.24) is 15.5 Å². The predicted octanol–water partition coefficient (Wildman–Crippen LogP) is 4.34. The smallest absolute Gasteiger partial charge is 0.290 e. The number of amides is 1.